The van der Waals surface area contributed by atoms with Crippen molar-refractivity contribution in [2.75, 3.05) is 19.7 Å². The summed E-state index contributed by atoms with van der Waals surface area (Å²) < 4.78 is 31.1. The largest absolute Gasteiger partial charge is 0.455 e. The molecule has 0 spiro atoms. The van der Waals surface area contributed by atoms with Crippen molar-refractivity contribution in [3.8, 4) is 0 Å². The molecule has 2 amide bonds. The monoisotopic (exact) mass is 409 g/mol. The Morgan fingerprint density at radius 2 is 1.79 bits per heavy atom. The maximum absolute atomic E-state index is 12.4. The standard InChI is InChI=1S/C18H23N3O6S/c1-14(22)19-20-17(23)13-27-18(24)16-7-10-21(11-8-16)28(25,26)12-9-15-5-3-2-4-6-15/h2-6,9,12,16H,7-8,10-11,13H2,1H3,(H,19,22)(H,20,23)/b12-9+. The molecule has 0 unspecified atom stereocenters. The zero-order valence-electron chi connectivity index (χ0n) is 15.5. The van der Waals surface area contributed by atoms with Crippen LogP contribution in [0.15, 0.2) is 35.7 Å². The fraction of sp³-hybridized carbons (Fsp3) is 0.389. The molecule has 152 valence electrons. The predicted molar refractivity (Wildman–Crippen MR) is 102 cm³/mol. The van der Waals surface area contributed by atoms with Gasteiger partial charge >= 0.3 is 5.97 Å². The zero-order chi connectivity index (χ0) is 20.6. The second-order valence-electron chi connectivity index (χ2n) is 6.27. The number of esters is 1. The van der Waals surface area contributed by atoms with Gasteiger partial charge in [-0.25, -0.2) is 8.42 Å². The molecule has 28 heavy (non-hydrogen) atoms. The Morgan fingerprint density at radius 3 is 2.39 bits per heavy atom. The van der Waals surface area contributed by atoms with Gasteiger partial charge in [0.15, 0.2) is 6.61 Å². The number of hydrogen-bond donors (Lipinski definition) is 2. The number of hydrogen-bond acceptors (Lipinski definition) is 6. The second-order valence-corrected chi connectivity index (χ2v) is 8.09. The summed E-state index contributed by atoms with van der Waals surface area (Å²) in [7, 11) is -3.58. The lowest BCUT2D eigenvalue weighted by Crippen LogP contribution is -2.43. The van der Waals surface area contributed by atoms with Crippen molar-refractivity contribution < 1.29 is 27.5 Å². The van der Waals surface area contributed by atoms with Crippen molar-refractivity contribution in [3.63, 3.8) is 0 Å². The fourth-order valence-electron chi connectivity index (χ4n) is 2.61. The Bertz CT molecular complexity index is 830. The van der Waals surface area contributed by atoms with E-state index in [-0.39, 0.29) is 13.1 Å². The third-order valence-corrected chi connectivity index (χ3v) is 5.67. The molecule has 1 fully saturated rings. The van der Waals surface area contributed by atoms with E-state index in [9.17, 15) is 22.8 Å². The van der Waals surface area contributed by atoms with Crippen LogP contribution >= 0.6 is 0 Å². The normalized spacial score (nSPS) is 15.9. The van der Waals surface area contributed by atoms with Gasteiger partial charge in [0, 0.05) is 25.4 Å². The van der Waals surface area contributed by atoms with Gasteiger partial charge in [0.05, 0.1) is 5.92 Å². The van der Waals surface area contributed by atoms with Gasteiger partial charge < -0.3 is 4.74 Å². The molecule has 0 bridgehead atoms. The van der Waals surface area contributed by atoms with Crippen LogP contribution in [0.3, 0.4) is 0 Å². The molecule has 0 radical (unpaired) electrons. The van der Waals surface area contributed by atoms with E-state index in [0.29, 0.717) is 12.8 Å². The molecular formula is C18H23N3O6S. The van der Waals surface area contributed by atoms with Crippen LogP contribution in [0.2, 0.25) is 0 Å². The van der Waals surface area contributed by atoms with Crippen LogP contribution in [0.4, 0.5) is 0 Å². The molecule has 10 heteroatoms. The van der Waals surface area contributed by atoms with Crippen molar-refractivity contribution in [1.29, 1.82) is 0 Å². The lowest BCUT2D eigenvalue weighted by molar-refractivity contribution is -0.154. The van der Waals surface area contributed by atoms with Gasteiger partial charge in [-0.15, -0.1) is 0 Å². The number of carbonyl (C=O) groups excluding carboxylic acids is 3. The summed E-state index contributed by atoms with van der Waals surface area (Å²) in [4.78, 5) is 34.1. The number of nitrogens with zero attached hydrogens (tertiary/aromatic N) is 1. The van der Waals surface area contributed by atoms with Crippen LogP contribution in [0.25, 0.3) is 6.08 Å². The van der Waals surface area contributed by atoms with E-state index in [0.717, 1.165) is 11.0 Å². The molecular weight excluding hydrogens is 386 g/mol. The molecule has 1 heterocycles. The van der Waals surface area contributed by atoms with Crippen molar-refractivity contribution in [2.45, 2.75) is 19.8 Å². The summed E-state index contributed by atoms with van der Waals surface area (Å²) >= 11 is 0. The second kappa shape index (κ2) is 10.00. The number of nitrogens with one attached hydrogen (secondary N) is 2. The van der Waals surface area contributed by atoms with Crippen molar-refractivity contribution in [2.24, 2.45) is 5.92 Å². The molecule has 0 aromatic heterocycles. The number of benzene rings is 1. The van der Waals surface area contributed by atoms with Crippen LogP contribution < -0.4 is 10.9 Å². The number of amides is 2. The maximum Gasteiger partial charge on any atom is 0.309 e. The Labute approximate surface area is 163 Å². The highest BCUT2D eigenvalue weighted by Gasteiger charge is 2.31. The quantitative estimate of drug-likeness (QED) is 0.518. The van der Waals surface area contributed by atoms with Gasteiger partial charge in [-0.3, -0.25) is 25.2 Å². The molecule has 1 aliphatic rings. The molecule has 0 aliphatic carbocycles. The molecule has 0 atom stereocenters. The van der Waals surface area contributed by atoms with E-state index < -0.39 is 40.3 Å². The summed E-state index contributed by atoms with van der Waals surface area (Å²) in [5.41, 5.74) is 4.95. The Hall–Kier alpha value is -2.72. The molecule has 9 nitrogen and oxygen atoms in total. The zero-order valence-corrected chi connectivity index (χ0v) is 16.3. The van der Waals surface area contributed by atoms with E-state index in [1.807, 2.05) is 18.2 Å². The molecule has 1 saturated heterocycles. The number of hydrazine groups is 1. The Balaban J connectivity index is 1.79. The van der Waals surface area contributed by atoms with Gasteiger partial charge in [0.1, 0.15) is 0 Å². The predicted octanol–water partition coefficient (Wildman–Crippen LogP) is 0.410. The highest BCUT2D eigenvalue weighted by atomic mass is 32.2. The SMILES string of the molecule is CC(=O)NNC(=O)COC(=O)C1CCN(S(=O)(=O)/C=C/c2ccccc2)CC1. The van der Waals surface area contributed by atoms with E-state index in [1.165, 1.54) is 17.3 Å². The number of sulfonamides is 1. The minimum atomic E-state index is -3.58. The number of rotatable bonds is 6. The summed E-state index contributed by atoms with van der Waals surface area (Å²) in [5.74, 6) is -2.14. The summed E-state index contributed by atoms with van der Waals surface area (Å²) in [6.45, 7) is 1.10. The van der Waals surface area contributed by atoms with Crippen LogP contribution in [-0.4, -0.2) is 50.2 Å². The Kier molecular flexibility index (Phi) is 7.70. The summed E-state index contributed by atoms with van der Waals surface area (Å²) in [6, 6.07) is 9.09. The first-order chi connectivity index (χ1) is 13.3. The van der Waals surface area contributed by atoms with Crippen LogP contribution in [0, 0.1) is 5.92 Å². The maximum atomic E-state index is 12.4. The fourth-order valence-corrected chi connectivity index (χ4v) is 3.83. The average Bonchev–Trinajstić information content (AvgIpc) is 2.70. The lowest BCUT2D eigenvalue weighted by Gasteiger charge is -2.29. The molecule has 1 aliphatic heterocycles. The van der Waals surface area contributed by atoms with E-state index in [4.69, 9.17) is 4.74 Å². The number of ether oxygens (including phenoxy) is 1. The minimum Gasteiger partial charge on any atom is -0.455 e. The molecule has 1 aromatic rings. The molecule has 2 N–H and O–H groups in total. The van der Waals surface area contributed by atoms with Gasteiger partial charge in [-0.1, -0.05) is 30.3 Å². The van der Waals surface area contributed by atoms with Crippen molar-refractivity contribution in [3.05, 3.63) is 41.3 Å². The Morgan fingerprint density at radius 1 is 1.14 bits per heavy atom. The van der Waals surface area contributed by atoms with E-state index in [1.54, 1.807) is 12.1 Å². The van der Waals surface area contributed by atoms with Crippen LogP contribution in [0.1, 0.15) is 25.3 Å². The van der Waals surface area contributed by atoms with Crippen LogP contribution in [0.5, 0.6) is 0 Å². The van der Waals surface area contributed by atoms with Crippen LogP contribution in [-0.2, 0) is 29.1 Å². The van der Waals surface area contributed by atoms with Crippen molar-refractivity contribution >= 4 is 33.9 Å². The van der Waals surface area contributed by atoms with Crippen molar-refractivity contribution in [1.82, 2.24) is 15.2 Å². The third-order valence-electron chi connectivity index (χ3n) is 4.10. The number of piperidine rings is 1. The summed E-state index contributed by atoms with van der Waals surface area (Å²) in [5, 5.41) is 1.16. The van der Waals surface area contributed by atoms with Gasteiger partial charge in [-0.2, -0.15) is 4.31 Å². The lowest BCUT2D eigenvalue weighted by atomic mass is 9.98. The van der Waals surface area contributed by atoms with E-state index in [2.05, 4.69) is 10.9 Å². The topological polar surface area (TPSA) is 122 Å². The van der Waals surface area contributed by atoms with Gasteiger partial charge in [0.2, 0.25) is 15.9 Å². The molecule has 1 aromatic carbocycles. The third kappa shape index (κ3) is 6.78. The van der Waals surface area contributed by atoms with Gasteiger partial charge in [-0.05, 0) is 24.5 Å². The molecule has 0 saturated carbocycles. The highest BCUT2D eigenvalue weighted by Crippen LogP contribution is 2.22. The first kappa shape index (κ1) is 21.6. The highest BCUT2D eigenvalue weighted by molar-refractivity contribution is 7.92. The first-order valence-corrected chi connectivity index (χ1v) is 10.2. The summed E-state index contributed by atoms with van der Waals surface area (Å²) in [6.07, 6.45) is 2.15. The smallest absolute Gasteiger partial charge is 0.309 e. The number of carbonyl (C=O) groups is 3. The first-order valence-electron chi connectivity index (χ1n) is 8.73. The van der Waals surface area contributed by atoms with E-state index >= 15 is 0 Å². The molecule has 2 rings (SSSR count). The van der Waals surface area contributed by atoms with Gasteiger partial charge in [0.25, 0.3) is 5.91 Å². The minimum absolute atomic E-state index is 0.194. The average molecular weight is 409 g/mol.